The van der Waals surface area contributed by atoms with E-state index in [1.54, 1.807) is 6.07 Å². The molecule has 1 aliphatic rings. The molecule has 4 heteroatoms. The molecule has 0 spiro atoms. The van der Waals surface area contributed by atoms with E-state index in [2.05, 4.69) is 0 Å². The summed E-state index contributed by atoms with van der Waals surface area (Å²) in [5, 5.41) is 0. The lowest BCUT2D eigenvalue weighted by molar-refractivity contribution is -0.116. The van der Waals surface area contributed by atoms with Gasteiger partial charge in [0.05, 0.1) is 24.9 Å². The summed E-state index contributed by atoms with van der Waals surface area (Å²) in [7, 11) is 1.41. The average Bonchev–Trinajstić information content (AvgIpc) is 2.74. The Bertz CT molecular complexity index is 654. The van der Waals surface area contributed by atoms with Crippen LogP contribution in [-0.2, 0) is 11.2 Å². The van der Waals surface area contributed by atoms with Crippen LogP contribution in [0.15, 0.2) is 42.5 Å². The zero-order valence-corrected chi connectivity index (χ0v) is 10.4. The van der Waals surface area contributed by atoms with E-state index in [1.807, 2.05) is 24.3 Å². The van der Waals surface area contributed by atoms with Crippen molar-refractivity contribution in [2.75, 3.05) is 12.0 Å². The molecule has 1 heterocycles. The van der Waals surface area contributed by atoms with Crippen LogP contribution in [0.25, 0.3) is 0 Å². The molecule has 0 atom stereocenters. The Morgan fingerprint density at radius 2 is 2.00 bits per heavy atom. The van der Waals surface area contributed by atoms with E-state index in [9.17, 15) is 9.18 Å². The van der Waals surface area contributed by atoms with Crippen molar-refractivity contribution < 1.29 is 13.9 Å². The zero-order valence-electron chi connectivity index (χ0n) is 10.4. The Labute approximate surface area is 110 Å². The SMILES string of the molecule is COc1ccc(N2C(=O)Cc3ccccc32)cc1F. The number of ether oxygens (including phenoxy) is 1. The molecule has 96 valence electrons. The number of halogens is 1. The molecule has 2 aromatic carbocycles. The van der Waals surface area contributed by atoms with Crippen LogP contribution in [0.1, 0.15) is 5.56 Å². The third-order valence-corrected chi connectivity index (χ3v) is 3.22. The van der Waals surface area contributed by atoms with Crippen molar-refractivity contribution in [1.82, 2.24) is 0 Å². The second-order valence-electron chi connectivity index (χ2n) is 4.35. The smallest absolute Gasteiger partial charge is 0.236 e. The minimum absolute atomic E-state index is 0.0502. The maximum Gasteiger partial charge on any atom is 0.236 e. The van der Waals surface area contributed by atoms with Crippen molar-refractivity contribution in [1.29, 1.82) is 0 Å². The fourth-order valence-corrected chi connectivity index (χ4v) is 2.33. The van der Waals surface area contributed by atoms with Gasteiger partial charge in [-0.3, -0.25) is 9.69 Å². The largest absolute Gasteiger partial charge is 0.494 e. The molecule has 0 aromatic heterocycles. The number of anilines is 2. The topological polar surface area (TPSA) is 29.5 Å². The third-order valence-electron chi connectivity index (χ3n) is 3.22. The predicted molar refractivity (Wildman–Crippen MR) is 70.2 cm³/mol. The summed E-state index contributed by atoms with van der Waals surface area (Å²) >= 11 is 0. The molecule has 0 aliphatic carbocycles. The van der Waals surface area contributed by atoms with Crippen LogP contribution in [0, 0.1) is 5.82 Å². The number of methoxy groups -OCH3 is 1. The van der Waals surface area contributed by atoms with E-state index in [0.29, 0.717) is 12.1 Å². The Morgan fingerprint density at radius 1 is 1.21 bits per heavy atom. The van der Waals surface area contributed by atoms with Crippen LogP contribution in [0.2, 0.25) is 0 Å². The highest BCUT2D eigenvalue weighted by Gasteiger charge is 2.28. The van der Waals surface area contributed by atoms with Crippen molar-refractivity contribution in [3.8, 4) is 5.75 Å². The number of nitrogens with zero attached hydrogens (tertiary/aromatic N) is 1. The highest BCUT2D eigenvalue weighted by molar-refractivity contribution is 6.07. The Kier molecular flexibility index (Phi) is 2.71. The van der Waals surface area contributed by atoms with Crippen LogP contribution < -0.4 is 9.64 Å². The van der Waals surface area contributed by atoms with Crippen molar-refractivity contribution >= 4 is 17.3 Å². The fourth-order valence-electron chi connectivity index (χ4n) is 2.33. The van der Waals surface area contributed by atoms with Gasteiger partial charge in [0.1, 0.15) is 0 Å². The number of hydrogen-bond donors (Lipinski definition) is 0. The van der Waals surface area contributed by atoms with Crippen molar-refractivity contribution in [2.45, 2.75) is 6.42 Å². The number of amides is 1. The first-order valence-electron chi connectivity index (χ1n) is 5.95. The molecule has 0 saturated carbocycles. The summed E-state index contributed by atoms with van der Waals surface area (Å²) < 4.78 is 18.6. The molecule has 1 aliphatic heterocycles. The number of carbonyl (C=O) groups is 1. The molecule has 0 N–H and O–H groups in total. The standard InChI is InChI=1S/C15H12FNO2/c1-19-14-7-6-11(9-12(14)16)17-13-5-3-2-4-10(13)8-15(17)18/h2-7,9H,8H2,1H3. The van der Waals surface area contributed by atoms with E-state index >= 15 is 0 Å². The maximum absolute atomic E-state index is 13.7. The Morgan fingerprint density at radius 3 is 2.74 bits per heavy atom. The molecule has 0 radical (unpaired) electrons. The van der Waals surface area contributed by atoms with Gasteiger partial charge in [-0.2, -0.15) is 0 Å². The third kappa shape index (κ3) is 1.85. The first kappa shape index (κ1) is 11.7. The number of carbonyl (C=O) groups excluding carboxylic acids is 1. The van der Waals surface area contributed by atoms with Gasteiger partial charge in [0.25, 0.3) is 0 Å². The first-order valence-corrected chi connectivity index (χ1v) is 5.95. The Balaban J connectivity index is 2.07. The summed E-state index contributed by atoms with van der Waals surface area (Å²) in [5.41, 5.74) is 2.30. The van der Waals surface area contributed by atoms with Crippen LogP contribution in [0.3, 0.4) is 0 Å². The molecule has 3 rings (SSSR count). The minimum atomic E-state index is -0.475. The molecule has 0 saturated heterocycles. The van der Waals surface area contributed by atoms with Gasteiger partial charge in [0.15, 0.2) is 11.6 Å². The highest BCUT2D eigenvalue weighted by atomic mass is 19.1. The lowest BCUT2D eigenvalue weighted by atomic mass is 10.2. The quantitative estimate of drug-likeness (QED) is 0.827. The van der Waals surface area contributed by atoms with Gasteiger partial charge in [-0.05, 0) is 23.8 Å². The number of rotatable bonds is 2. The molecule has 19 heavy (non-hydrogen) atoms. The van der Waals surface area contributed by atoms with E-state index in [4.69, 9.17) is 4.74 Å². The number of fused-ring (bicyclic) bond motifs is 1. The molecule has 0 bridgehead atoms. The minimum Gasteiger partial charge on any atom is -0.494 e. The molecule has 1 amide bonds. The second kappa shape index (κ2) is 4.39. The van der Waals surface area contributed by atoms with E-state index in [0.717, 1.165) is 11.3 Å². The van der Waals surface area contributed by atoms with Gasteiger partial charge in [-0.1, -0.05) is 18.2 Å². The van der Waals surface area contributed by atoms with Gasteiger partial charge in [-0.15, -0.1) is 0 Å². The summed E-state index contributed by atoms with van der Waals surface area (Å²) in [6, 6.07) is 12.1. The van der Waals surface area contributed by atoms with Crippen LogP contribution >= 0.6 is 0 Å². The molecule has 2 aromatic rings. The van der Waals surface area contributed by atoms with Crippen molar-refractivity contribution in [2.24, 2.45) is 0 Å². The summed E-state index contributed by atoms with van der Waals surface area (Å²) in [6.07, 6.45) is 0.351. The number of benzene rings is 2. The molecule has 3 nitrogen and oxygen atoms in total. The number of hydrogen-bond acceptors (Lipinski definition) is 2. The van der Waals surface area contributed by atoms with Crippen LogP contribution in [-0.4, -0.2) is 13.0 Å². The van der Waals surface area contributed by atoms with Gasteiger partial charge in [-0.25, -0.2) is 4.39 Å². The number of para-hydroxylation sites is 1. The highest BCUT2D eigenvalue weighted by Crippen LogP contribution is 2.36. The first-order chi connectivity index (χ1) is 9.20. The monoisotopic (exact) mass is 257 g/mol. The van der Waals surface area contributed by atoms with Gasteiger partial charge < -0.3 is 4.74 Å². The lowest BCUT2D eigenvalue weighted by Gasteiger charge is -2.18. The fraction of sp³-hybridized carbons (Fsp3) is 0.133. The lowest BCUT2D eigenvalue weighted by Crippen LogP contribution is -2.20. The van der Waals surface area contributed by atoms with Gasteiger partial charge >= 0.3 is 0 Å². The van der Waals surface area contributed by atoms with Gasteiger partial charge in [0, 0.05) is 6.07 Å². The predicted octanol–water partition coefficient (Wildman–Crippen LogP) is 3.06. The normalized spacial score (nSPS) is 13.6. The zero-order chi connectivity index (χ0) is 13.4. The van der Waals surface area contributed by atoms with Crippen molar-refractivity contribution in [3.05, 3.63) is 53.8 Å². The van der Waals surface area contributed by atoms with Crippen LogP contribution in [0.4, 0.5) is 15.8 Å². The summed E-state index contributed by atoms with van der Waals surface area (Å²) in [6.45, 7) is 0. The maximum atomic E-state index is 13.7. The van der Waals surface area contributed by atoms with Crippen LogP contribution in [0.5, 0.6) is 5.75 Å². The molecule has 0 unspecified atom stereocenters. The Hall–Kier alpha value is -2.36. The second-order valence-corrected chi connectivity index (χ2v) is 4.35. The summed E-state index contributed by atoms with van der Waals surface area (Å²) in [4.78, 5) is 13.6. The molecular weight excluding hydrogens is 245 g/mol. The average molecular weight is 257 g/mol. The van der Waals surface area contributed by atoms with E-state index < -0.39 is 5.82 Å². The van der Waals surface area contributed by atoms with E-state index in [1.165, 1.54) is 24.1 Å². The summed E-state index contributed by atoms with van der Waals surface area (Å²) in [5.74, 6) is -0.355. The van der Waals surface area contributed by atoms with E-state index in [-0.39, 0.29) is 11.7 Å². The van der Waals surface area contributed by atoms with Gasteiger partial charge in [0.2, 0.25) is 5.91 Å². The van der Waals surface area contributed by atoms with Crippen molar-refractivity contribution in [3.63, 3.8) is 0 Å². The molecular formula is C15H12FNO2. The molecule has 0 fully saturated rings.